The summed E-state index contributed by atoms with van der Waals surface area (Å²) in [5.41, 5.74) is 0.956. The monoisotopic (exact) mass is 206 g/mol. The average Bonchev–Trinajstić information content (AvgIpc) is 2.22. The van der Waals surface area contributed by atoms with Crippen LogP contribution in [0.2, 0.25) is 0 Å². The van der Waals surface area contributed by atoms with Gasteiger partial charge in [-0.2, -0.15) is 0 Å². The maximum absolute atomic E-state index is 11.4. The van der Waals surface area contributed by atoms with E-state index in [1.165, 1.54) is 0 Å². The predicted octanol–water partition coefficient (Wildman–Crippen LogP) is 0.529. The van der Waals surface area contributed by atoms with Gasteiger partial charge in [0.2, 0.25) is 5.91 Å². The third-order valence-corrected chi connectivity index (χ3v) is 2.34. The summed E-state index contributed by atoms with van der Waals surface area (Å²) in [5, 5.41) is 2.89. The highest BCUT2D eigenvalue weighted by Gasteiger charge is 2.19. The van der Waals surface area contributed by atoms with Gasteiger partial charge < -0.3 is 10.1 Å². The topological polar surface area (TPSA) is 51.2 Å². The fraction of sp³-hybridized carbons (Fsp3) is 0.455. The van der Waals surface area contributed by atoms with Gasteiger partial charge in [0.1, 0.15) is 0 Å². The number of nitrogens with zero attached hydrogens (tertiary/aromatic N) is 1. The van der Waals surface area contributed by atoms with E-state index in [9.17, 15) is 4.79 Å². The van der Waals surface area contributed by atoms with E-state index in [0.717, 1.165) is 5.69 Å². The van der Waals surface area contributed by atoms with Gasteiger partial charge in [0, 0.05) is 18.3 Å². The summed E-state index contributed by atoms with van der Waals surface area (Å²) >= 11 is 0. The molecule has 15 heavy (non-hydrogen) atoms. The summed E-state index contributed by atoms with van der Waals surface area (Å²) in [5.74, 6) is 0.0777. The first-order valence-corrected chi connectivity index (χ1v) is 5.11. The molecule has 4 heteroatoms. The second-order valence-corrected chi connectivity index (χ2v) is 3.62. The molecule has 1 aromatic rings. The summed E-state index contributed by atoms with van der Waals surface area (Å²) in [6.45, 7) is 1.30. The average molecular weight is 206 g/mol. The van der Waals surface area contributed by atoms with Crippen LogP contribution in [0.1, 0.15) is 12.1 Å². The lowest BCUT2D eigenvalue weighted by Crippen LogP contribution is -2.48. The van der Waals surface area contributed by atoms with Crippen LogP contribution in [0.15, 0.2) is 24.4 Å². The first kappa shape index (κ1) is 10.1. The van der Waals surface area contributed by atoms with Crippen LogP contribution in [0.25, 0.3) is 0 Å². The molecule has 1 N–H and O–H groups in total. The minimum absolute atomic E-state index is 0.0777. The minimum Gasteiger partial charge on any atom is -0.377 e. The molecule has 4 nitrogen and oxygen atoms in total. The van der Waals surface area contributed by atoms with Crippen LogP contribution in [0, 0.1) is 0 Å². The van der Waals surface area contributed by atoms with Crippen LogP contribution in [-0.2, 0) is 16.0 Å². The summed E-state index contributed by atoms with van der Waals surface area (Å²) in [6.07, 6.45) is 2.93. The number of hydrogen-bond donors (Lipinski definition) is 1. The molecule has 0 unspecified atom stereocenters. The van der Waals surface area contributed by atoms with Crippen LogP contribution in [-0.4, -0.2) is 30.1 Å². The van der Waals surface area contributed by atoms with Crippen molar-refractivity contribution in [2.24, 2.45) is 0 Å². The van der Waals surface area contributed by atoms with E-state index >= 15 is 0 Å². The Morgan fingerprint density at radius 1 is 1.53 bits per heavy atom. The molecular formula is C11H14N2O2. The molecule has 0 aliphatic carbocycles. The van der Waals surface area contributed by atoms with Crippen LogP contribution in [0.3, 0.4) is 0 Å². The van der Waals surface area contributed by atoms with Crippen molar-refractivity contribution in [2.45, 2.75) is 18.9 Å². The third kappa shape index (κ3) is 3.02. The molecular weight excluding hydrogens is 192 g/mol. The Hall–Kier alpha value is -1.42. The smallest absolute Gasteiger partial charge is 0.220 e. The summed E-state index contributed by atoms with van der Waals surface area (Å²) < 4.78 is 4.97. The highest BCUT2D eigenvalue weighted by atomic mass is 16.5. The van der Waals surface area contributed by atoms with E-state index in [4.69, 9.17) is 4.74 Å². The zero-order valence-electron chi connectivity index (χ0n) is 8.48. The highest BCUT2D eigenvalue weighted by Crippen LogP contribution is 2.02. The van der Waals surface area contributed by atoms with Crippen LogP contribution in [0.4, 0.5) is 0 Å². The molecule has 0 atom stereocenters. The maximum Gasteiger partial charge on any atom is 0.220 e. The van der Waals surface area contributed by atoms with Gasteiger partial charge in [0.15, 0.2) is 0 Å². The zero-order valence-corrected chi connectivity index (χ0v) is 8.48. The zero-order chi connectivity index (χ0) is 10.5. The molecule has 1 aromatic heterocycles. The van der Waals surface area contributed by atoms with Crippen molar-refractivity contribution in [3.63, 3.8) is 0 Å². The van der Waals surface area contributed by atoms with Gasteiger partial charge in [-0.1, -0.05) is 6.07 Å². The van der Waals surface area contributed by atoms with Gasteiger partial charge in [0.05, 0.1) is 19.3 Å². The molecule has 0 bridgehead atoms. The summed E-state index contributed by atoms with van der Waals surface area (Å²) in [6, 6.07) is 5.95. The third-order valence-electron chi connectivity index (χ3n) is 2.34. The lowest BCUT2D eigenvalue weighted by Gasteiger charge is -2.26. The quantitative estimate of drug-likeness (QED) is 0.781. The molecule has 0 spiro atoms. The SMILES string of the molecule is O=C(CCc1ccccn1)NC1COC1. The maximum atomic E-state index is 11.4. The number of carbonyl (C=O) groups excluding carboxylic acids is 1. The number of pyridine rings is 1. The first-order valence-electron chi connectivity index (χ1n) is 5.11. The number of carbonyl (C=O) groups is 1. The normalized spacial score (nSPS) is 15.7. The molecule has 1 amide bonds. The largest absolute Gasteiger partial charge is 0.377 e. The summed E-state index contributed by atoms with van der Waals surface area (Å²) in [7, 11) is 0. The van der Waals surface area contributed by atoms with Crippen molar-refractivity contribution in [1.82, 2.24) is 10.3 Å². The molecule has 0 radical (unpaired) electrons. The van der Waals surface area contributed by atoms with Gasteiger partial charge in [-0.3, -0.25) is 9.78 Å². The number of nitrogens with one attached hydrogen (secondary N) is 1. The van der Waals surface area contributed by atoms with Gasteiger partial charge in [-0.15, -0.1) is 0 Å². The number of ether oxygens (including phenoxy) is 1. The van der Waals surface area contributed by atoms with Gasteiger partial charge >= 0.3 is 0 Å². The molecule has 2 rings (SSSR count). The van der Waals surface area contributed by atoms with E-state index in [1.54, 1.807) is 6.20 Å². The Morgan fingerprint density at radius 2 is 2.40 bits per heavy atom. The summed E-state index contributed by atoms with van der Waals surface area (Å²) in [4.78, 5) is 15.6. The van der Waals surface area contributed by atoms with E-state index in [2.05, 4.69) is 10.3 Å². The Morgan fingerprint density at radius 3 is 3.00 bits per heavy atom. The molecule has 1 aliphatic rings. The van der Waals surface area contributed by atoms with Gasteiger partial charge in [0.25, 0.3) is 0 Å². The van der Waals surface area contributed by atoms with Gasteiger partial charge in [-0.05, 0) is 18.6 Å². The van der Waals surface area contributed by atoms with Crippen LogP contribution in [0.5, 0.6) is 0 Å². The Labute approximate surface area is 88.7 Å². The van der Waals surface area contributed by atoms with Crippen molar-refractivity contribution in [2.75, 3.05) is 13.2 Å². The van der Waals surface area contributed by atoms with Crippen molar-refractivity contribution >= 4 is 5.91 Å². The molecule has 1 saturated heterocycles. The standard InChI is InChI=1S/C11H14N2O2/c14-11(13-10-7-15-8-10)5-4-9-3-1-2-6-12-9/h1-3,6,10H,4-5,7-8H2,(H,13,14). The van der Waals surface area contributed by atoms with Gasteiger partial charge in [-0.25, -0.2) is 0 Å². The van der Waals surface area contributed by atoms with Crippen molar-refractivity contribution in [1.29, 1.82) is 0 Å². The Bertz CT molecular complexity index is 323. The number of hydrogen-bond acceptors (Lipinski definition) is 3. The molecule has 0 saturated carbocycles. The molecule has 80 valence electrons. The molecule has 1 fully saturated rings. The highest BCUT2D eigenvalue weighted by molar-refractivity contribution is 5.76. The number of aromatic nitrogens is 1. The first-order chi connectivity index (χ1) is 7.34. The Kier molecular flexibility index (Phi) is 3.29. The van der Waals surface area contributed by atoms with Crippen molar-refractivity contribution in [3.05, 3.63) is 30.1 Å². The Balaban J connectivity index is 1.71. The molecule has 2 heterocycles. The van der Waals surface area contributed by atoms with Crippen molar-refractivity contribution in [3.8, 4) is 0 Å². The number of aryl methyl sites for hydroxylation is 1. The van der Waals surface area contributed by atoms with E-state index in [1.807, 2.05) is 18.2 Å². The second kappa shape index (κ2) is 4.89. The fourth-order valence-corrected chi connectivity index (χ4v) is 1.41. The number of rotatable bonds is 4. The predicted molar refractivity (Wildman–Crippen MR) is 55.3 cm³/mol. The second-order valence-electron chi connectivity index (χ2n) is 3.62. The van der Waals surface area contributed by atoms with E-state index in [0.29, 0.717) is 26.1 Å². The molecule has 0 aromatic carbocycles. The lowest BCUT2D eigenvalue weighted by atomic mass is 10.2. The minimum atomic E-state index is 0.0777. The lowest BCUT2D eigenvalue weighted by molar-refractivity contribution is -0.125. The molecule has 1 aliphatic heterocycles. The number of amides is 1. The van der Waals surface area contributed by atoms with E-state index < -0.39 is 0 Å². The van der Waals surface area contributed by atoms with Crippen molar-refractivity contribution < 1.29 is 9.53 Å². The fourth-order valence-electron chi connectivity index (χ4n) is 1.41. The van der Waals surface area contributed by atoms with Crippen LogP contribution < -0.4 is 5.32 Å². The van der Waals surface area contributed by atoms with Crippen LogP contribution >= 0.6 is 0 Å². The van der Waals surface area contributed by atoms with E-state index in [-0.39, 0.29) is 11.9 Å².